The molecule has 1 N–H and O–H groups in total. The summed E-state index contributed by atoms with van der Waals surface area (Å²) in [5, 5.41) is 10.3. The third kappa shape index (κ3) is 5.01. The van der Waals surface area contributed by atoms with Gasteiger partial charge in [0.05, 0.1) is 5.56 Å². The zero-order valence-corrected chi connectivity index (χ0v) is 14.7. The van der Waals surface area contributed by atoms with Gasteiger partial charge in [0.25, 0.3) is 0 Å². The highest BCUT2D eigenvalue weighted by atomic mass is 16.5. The highest BCUT2D eigenvalue weighted by Crippen LogP contribution is 2.31. The molecule has 3 nitrogen and oxygen atoms in total. The molecule has 0 aliphatic carbocycles. The van der Waals surface area contributed by atoms with Crippen LogP contribution in [0.1, 0.15) is 29.2 Å². The summed E-state index contributed by atoms with van der Waals surface area (Å²) in [6.07, 6.45) is 0. The van der Waals surface area contributed by atoms with Gasteiger partial charge in [-0.15, -0.1) is 0 Å². The number of benzene rings is 3. The minimum absolute atomic E-state index is 0.0381. The summed E-state index contributed by atoms with van der Waals surface area (Å²) in [6, 6.07) is 22.1. The summed E-state index contributed by atoms with van der Waals surface area (Å²) in [7, 11) is 0. The van der Waals surface area contributed by atoms with Gasteiger partial charge in [-0.1, -0.05) is 60.1 Å². The molecule has 0 amide bonds. The summed E-state index contributed by atoms with van der Waals surface area (Å²) in [6.45, 7) is 1.27. The molecule has 3 aromatic rings. The van der Waals surface area contributed by atoms with Crippen molar-refractivity contribution in [2.24, 2.45) is 0 Å². The lowest BCUT2D eigenvalue weighted by Crippen LogP contribution is -2.03. The molecule has 0 fully saturated rings. The maximum absolute atomic E-state index is 11.4. The van der Waals surface area contributed by atoms with Crippen LogP contribution < -0.4 is 4.74 Å². The molecule has 0 saturated carbocycles. The molecule has 3 rings (SSSR count). The predicted octanol–water partition coefficient (Wildman–Crippen LogP) is 4.12. The molecule has 0 unspecified atom stereocenters. The van der Waals surface area contributed by atoms with Gasteiger partial charge >= 0.3 is 5.97 Å². The van der Waals surface area contributed by atoms with Gasteiger partial charge in [0, 0.05) is 23.6 Å². The number of carbonyl (C=O) groups excluding carboxylic acids is 1. The molecule has 3 aromatic carbocycles. The fourth-order valence-electron chi connectivity index (χ4n) is 2.36. The first-order chi connectivity index (χ1) is 13.1. The lowest BCUT2D eigenvalue weighted by molar-refractivity contribution is -0.132. The molecule has 0 spiro atoms. The lowest BCUT2D eigenvalue weighted by Gasteiger charge is -2.07. The van der Waals surface area contributed by atoms with E-state index in [9.17, 15) is 9.90 Å². The van der Waals surface area contributed by atoms with Crippen LogP contribution in [0.5, 0.6) is 11.5 Å². The molecule has 0 aromatic heterocycles. The molecule has 3 heteroatoms. The van der Waals surface area contributed by atoms with E-state index in [4.69, 9.17) is 4.74 Å². The van der Waals surface area contributed by atoms with Crippen molar-refractivity contribution in [2.45, 2.75) is 6.92 Å². The van der Waals surface area contributed by atoms with Gasteiger partial charge in [0.1, 0.15) is 0 Å². The Morgan fingerprint density at radius 3 is 1.85 bits per heavy atom. The number of hydrogen-bond donors (Lipinski definition) is 1. The molecule has 0 bridgehead atoms. The Morgan fingerprint density at radius 2 is 1.30 bits per heavy atom. The van der Waals surface area contributed by atoms with Crippen LogP contribution in [0, 0.1) is 23.7 Å². The largest absolute Gasteiger partial charge is 0.504 e. The summed E-state index contributed by atoms with van der Waals surface area (Å²) in [5.74, 6) is 11.3. The molecule has 0 radical (unpaired) electrons. The number of esters is 1. The van der Waals surface area contributed by atoms with E-state index in [2.05, 4.69) is 23.7 Å². The van der Waals surface area contributed by atoms with Crippen LogP contribution >= 0.6 is 0 Å². The van der Waals surface area contributed by atoms with Gasteiger partial charge in [0.15, 0.2) is 11.5 Å². The van der Waals surface area contributed by atoms with Gasteiger partial charge < -0.3 is 9.84 Å². The molecule has 0 saturated heterocycles. The SMILES string of the molecule is CC(=O)Oc1c(O)cc(C#Cc2ccccc2)cc1C#Cc1ccccc1. The van der Waals surface area contributed by atoms with Crippen molar-refractivity contribution in [3.8, 4) is 35.2 Å². The van der Waals surface area contributed by atoms with E-state index in [1.807, 2.05) is 60.7 Å². The Bertz CT molecular complexity index is 1080. The van der Waals surface area contributed by atoms with Crippen molar-refractivity contribution in [2.75, 3.05) is 0 Å². The van der Waals surface area contributed by atoms with Crippen molar-refractivity contribution in [3.05, 3.63) is 95.1 Å². The van der Waals surface area contributed by atoms with Crippen LogP contribution in [0.15, 0.2) is 72.8 Å². The standard InChI is InChI=1S/C24H16O3/c1-18(25)27-24-22(15-14-20-10-6-3-7-11-20)16-21(17-23(24)26)13-12-19-8-4-2-5-9-19/h2-11,16-17,26H,1H3. The van der Waals surface area contributed by atoms with Crippen molar-refractivity contribution in [1.29, 1.82) is 0 Å². The zero-order valence-electron chi connectivity index (χ0n) is 14.7. The second-order valence-electron chi connectivity index (χ2n) is 5.70. The van der Waals surface area contributed by atoms with E-state index in [1.54, 1.807) is 6.07 Å². The minimum atomic E-state index is -0.531. The molecule has 130 valence electrons. The second-order valence-corrected chi connectivity index (χ2v) is 5.70. The van der Waals surface area contributed by atoms with E-state index in [1.165, 1.54) is 13.0 Å². The molecule has 0 atom stereocenters. The average molecular weight is 352 g/mol. The highest BCUT2D eigenvalue weighted by Gasteiger charge is 2.12. The minimum Gasteiger partial charge on any atom is -0.504 e. The summed E-state index contributed by atoms with van der Waals surface area (Å²) in [4.78, 5) is 11.4. The van der Waals surface area contributed by atoms with Crippen LogP contribution in [0.2, 0.25) is 0 Å². The van der Waals surface area contributed by atoms with Crippen LogP contribution in [-0.2, 0) is 4.79 Å². The Balaban J connectivity index is 2.03. The van der Waals surface area contributed by atoms with Gasteiger partial charge in [-0.05, 0) is 36.4 Å². The van der Waals surface area contributed by atoms with E-state index in [-0.39, 0.29) is 11.5 Å². The third-order valence-corrected chi connectivity index (χ3v) is 3.56. The fourth-order valence-corrected chi connectivity index (χ4v) is 2.36. The number of rotatable bonds is 1. The summed E-state index contributed by atoms with van der Waals surface area (Å²) >= 11 is 0. The van der Waals surface area contributed by atoms with Crippen molar-refractivity contribution in [3.63, 3.8) is 0 Å². The zero-order chi connectivity index (χ0) is 19.1. The van der Waals surface area contributed by atoms with Crippen molar-refractivity contribution >= 4 is 5.97 Å². The smallest absolute Gasteiger partial charge is 0.308 e. The van der Waals surface area contributed by atoms with Gasteiger partial charge in [0.2, 0.25) is 0 Å². The third-order valence-electron chi connectivity index (χ3n) is 3.56. The van der Waals surface area contributed by atoms with Crippen molar-refractivity contribution < 1.29 is 14.6 Å². The number of carbonyl (C=O) groups is 1. The number of aromatic hydroxyl groups is 1. The molecular weight excluding hydrogens is 336 g/mol. The first-order valence-corrected chi connectivity index (χ1v) is 8.31. The topological polar surface area (TPSA) is 46.5 Å². The molecule has 27 heavy (non-hydrogen) atoms. The maximum Gasteiger partial charge on any atom is 0.308 e. The number of phenols is 1. The number of phenolic OH excluding ortho intramolecular Hbond substituents is 1. The van der Waals surface area contributed by atoms with E-state index in [0.717, 1.165) is 11.1 Å². The Morgan fingerprint density at radius 1 is 0.778 bits per heavy atom. The first-order valence-electron chi connectivity index (χ1n) is 8.31. The van der Waals surface area contributed by atoms with Crippen LogP contribution in [0.4, 0.5) is 0 Å². The van der Waals surface area contributed by atoms with Gasteiger partial charge in [-0.3, -0.25) is 4.79 Å². The Hall–Kier alpha value is -3.95. The first kappa shape index (κ1) is 17.9. The fraction of sp³-hybridized carbons (Fsp3) is 0.0417. The maximum atomic E-state index is 11.4. The summed E-state index contributed by atoms with van der Waals surface area (Å²) < 4.78 is 5.14. The molecule has 0 heterocycles. The highest BCUT2D eigenvalue weighted by molar-refractivity contribution is 5.73. The van der Waals surface area contributed by atoms with E-state index < -0.39 is 5.97 Å². The predicted molar refractivity (Wildman–Crippen MR) is 104 cm³/mol. The molecule has 0 aliphatic heterocycles. The van der Waals surface area contributed by atoms with E-state index in [0.29, 0.717) is 11.1 Å². The average Bonchev–Trinajstić information content (AvgIpc) is 2.68. The van der Waals surface area contributed by atoms with E-state index >= 15 is 0 Å². The van der Waals surface area contributed by atoms with Crippen molar-refractivity contribution in [1.82, 2.24) is 0 Å². The lowest BCUT2D eigenvalue weighted by atomic mass is 10.1. The Kier molecular flexibility index (Phi) is 5.57. The monoisotopic (exact) mass is 352 g/mol. The van der Waals surface area contributed by atoms with Crippen LogP contribution in [0.3, 0.4) is 0 Å². The van der Waals surface area contributed by atoms with Crippen LogP contribution in [-0.4, -0.2) is 11.1 Å². The quantitative estimate of drug-likeness (QED) is 0.407. The van der Waals surface area contributed by atoms with Gasteiger partial charge in [-0.2, -0.15) is 0 Å². The van der Waals surface area contributed by atoms with Gasteiger partial charge in [-0.25, -0.2) is 0 Å². The Labute approximate surface area is 158 Å². The number of ether oxygens (including phenoxy) is 1. The van der Waals surface area contributed by atoms with Crippen LogP contribution in [0.25, 0.3) is 0 Å². The normalized spacial score (nSPS) is 9.37. The summed E-state index contributed by atoms with van der Waals surface area (Å²) in [5.41, 5.74) is 2.64. The molecular formula is C24H16O3. The molecule has 0 aliphatic rings. The second kappa shape index (κ2) is 8.43. The number of hydrogen-bond acceptors (Lipinski definition) is 3.